The number of fused-ring (bicyclic) bond motifs is 1. The largest absolute Gasteiger partial charge is 0.493 e. The molecule has 0 saturated heterocycles. The maximum Gasteiger partial charge on any atom is 0.254 e. The molecule has 3 rings (SSSR count). The molecule has 2 aromatic carbocycles. The van der Waals surface area contributed by atoms with Crippen molar-refractivity contribution in [3.8, 4) is 22.6 Å². The Labute approximate surface area is 155 Å². The first-order valence-electron chi connectivity index (χ1n) is 9.33. The van der Waals surface area contributed by atoms with Crippen LogP contribution in [-0.2, 0) is 6.54 Å². The van der Waals surface area contributed by atoms with Crippen molar-refractivity contribution in [2.75, 3.05) is 20.8 Å². The number of amides is 1. The number of unbranched alkanes of at least 4 members (excludes halogenated alkanes) is 3. The summed E-state index contributed by atoms with van der Waals surface area (Å²) in [5.41, 5.74) is 3.78. The van der Waals surface area contributed by atoms with Crippen LogP contribution >= 0.6 is 0 Å². The summed E-state index contributed by atoms with van der Waals surface area (Å²) in [6.45, 7) is 3.62. The second kappa shape index (κ2) is 8.26. The van der Waals surface area contributed by atoms with E-state index >= 15 is 0 Å². The Hall–Kier alpha value is -2.49. The smallest absolute Gasteiger partial charge is 0.254 e. The number of hydrogen-bond acceptors (Lipinski definition) is 3. The van der Waals surface area contributed by atoms with Gasteiger partial charge >= 0.3 is 0 Å². The van der Waals surface area contributed by atoms with Crippen LogP contribution in [0.2, 0.25) is 0 Å². The van der Waals surface area contributed by atoms with Gasteiger partial charge in [-0.3, -0.25) is 4.79 Å². The summed E-state index contributed by atoms with van der Waals surface area (Å²) in [6, 6.07) is 11.9. The number of rotatable bonds is 8. The highest BCUT2D eigenvalue weighted by Gasteiger charge is 2.33. The normalized spacial score (nSPS) is 13.0. The van der Waals surface area contributed by atoms with Gasteiger partial charge in [-0.05, 0) is 23.6 Å². The van der Waals surface area contributed by atoms with Crippen LogP contribution in [0, 0.1) is 0 Å². The SMILES string of the molecule is CCCCCCN1Cc2c(cc(OC)c(OC)c2-c2ccccc2)C1=O. The lowest BCUT2D eigenvalue weighted by molar-refractivity contribution is 0.0775. The van der Waals surface area contributed by atoms with Crippen LogP contribution in [0.15, 0.2) is 36.4 Å². The molecule has 138 valence electrons. The van der Waals surface area contributed by atoms with Crippen LogP contribution in [0.5, 0.6) is 11.5 Å². The molecule has 4 heteroatoms. The number of methoxy groups -OCH3 is 2. The van der Waals surface area contributed by atoms with Crippen LogP contribution in [0.3, 0.4) is 0 Å². The highest BCUT2D eigenvalue weighted by molar-refractivity contribution is 6.02. The molecule has 0 bridgehead atoms. The Morgan fingerprint density at radius 1 is 1.04 bits per heavy atom. The van der Waals surface area contributed by atoms with Gasteiger partial charge in [0, 0.05) is 24.2 Å². The molecule has 0 fully saturated rings. The molecular formula is C22H27NO3. The monoisotopic (exact) mass is 353 g/mol. The quantitative estimate of drug-likeness (QED) is 0.633. The van der Waals surface area contributed by atoms with E-state index in [2.05, 4.69) is 6.92 Å². The van der Waals surface area contributed by atoms with Crippen molar-refractivity contribution in [1.82, 2.24) is 4.90 Å². The Morgan fingerprint density at radius 3 is 2.46 bits per heavy atom. The van der Waals surface area contributed by atoms with Crippen LogP contribution in [0.4, 0.5) is 0 Å². The molecule has 0 aliphatic carbocycles. The van der Waals surface area contributed by atoms with E-state index in [0.717, 1.165) is 41.6 Å². The molecule has 1 aliphatic rings. The maximum absolute atomic E-state index is 12.9. The number of carbonyl (C=O) groups excluding carboxylic acids is 1. The number of hydrogen-bond donors (Lipinski definition) is 0. The topological polar surface area (TPSA) is 38.8 Å². The average Bonchev–Trinajstić information content (AvgIpc) is 2.99. The van der Waals surface area contributed by atoms with Gasteiger partial charge in [0.15, 0.2) is 11.5 Å². The molecule has 0 saturated carbocycles. The number of ether oxygens (including phenoxy) is 2. The lowest BCUT2D eigenvalue weighted by atomic mass is 9.95. The van der Waals surface area contributed by atoms with Crippen LogP contribution < -0.4 is 9.47 Å². The minimum Gasteiger partial charge on any atom is -0.493 e. The molecule has 1 aliphatic heterocycles. The predicted molar refractivity (Wildman–Crippen MR) is 104 cm³/mol. The first kappa shape index (κ1) is 18.3. The molecule has 1 heterocycles. The van der Waals surface area contributed by atoms with Gasteiger partial charge < -0.3 is 14.4 Å². The molecule has 0 N–H and O–H groups in total. The molecule has 0 aromatic heterocycles. The third kappa shape index (κ3) is 3.41. The van der Waals surface area contributed by atoms with Gasteiger partial charge in [0.1, 0.15) is 0 Å². The van der Waals surface area contributed by atoms with Gasteiger partial charge in [0.05, 0.1) is 14.2 Å². The molecule has 4 nitrogen and oxygen atoms in total. The summed E-state index contributed by atoms with van der Waals surface area (Å²) >= 11 is 0. The van der Waals surface area contributed by atoms with E-state index in [0.29, 0.717) is 18.0 Å². The minimum absolute atomic E-state index is 0.0923. The fourth-order valence-corrected chi connectivity index (χ4v) is 3.64. The fraction of sp³-hybridized carbons (Fsp3) is 0.409. The summed E-state index contributed by atoms with van der Waals surface area (Å²) in [5.74, 6) is 1.39. The zero-order valence-corrected chi connectivity index (χ0v) is 15.9. The Morgan fingerprint density at radius 2 is 1.81 bits per heavy atom. The summed E-state index contributed by atoms with van der Waals surface area (Å²) in [4.78, 5) is 14.9. The molecule has 26 heavy (non-hydrogen) atoms. The highest BCUT2D eigenvalue weighted by atomic mass is 16.5. The Kier molecular flexibility index (Phi) is 5.82. The fourth-order valence-electron chi connectivity index (χ4n) is 3.64. The molecule has 0 radical (unpaired) electrons. The van der Waals surface area contributed by atoms with Crippen molar-refractivity contribution in [1.29, 1.82) is 0 Å². The van der Waals surface area contributed by atoms with Crippen LogP contribution in [-0.4, -0.2) is 31.6 Å². The third-order valence-electron chi connectivity index (χ3n) is 4.99. The van der Waals surface area contributed by atoms with Crippen molar-refractivity contribution in [3.63, 3.8) is 0 Å². The van der Waals surface area contributed by atoms with Gasteiger partial charge in [-0.15, -0.1) is 0 Å². The van der Waals surface area contributed by atoms with Gasteiger partial charge in [0.2, 0.25) is 0 Å². The zero-order chi connectivity index (χ0) is 18.5. The van der Waals surface area contributed by atoms with Crippen molar-refractivity contribution in [3.05, 3.63) is 47.5 Å². The number of nitrogens with zero attached hydrogens (tertiary/aromatic N) is 1. The summed E-state index contributed by atoms with van der Waals surface area (Å²) in [5, 5.41) is 0. The van der Waals surface area contributed by atoms with Gasteiger partial charge in [-0.1, -0.05) is 56.5 Å². The van der Waals surface area contributed by atoms with Crippen LogP contribution in [0.1, 0.15) is 48.5 Å². The number of benzene rings is 2. The van der Waals surface area contributed by atoms with E-state index in [1.807, 2.05) is 41.3 Å². The zero-order valence-electron chi connectivity index (χ0n) is 15.9. The van der Waals surface area contributed by atoms with Crippen LogP contribution in [0.25, 0.3) is 11.1 Å². The van der Waals surface area contributed by atoms with Crippen molar-refractivity contribution >= 4 is 5.91 Å². The average molecular weight is 353 g/mol. The Balaban J connectivity index is 2.01. The molecule has 0 unspecified atom stereocenters. The molecule has 0 spiro atoms. The molecule has 2 aromatic rings. The molecular weight excluding hydrogens is 326 g/mol. The Bertz CT molecular complexity index is 771. The van der Waals surface area contributed by atoms with Crippen molar-refractivity contribution in [2.24, 2.45) is 0 Å². The van der Waals surface area contributed by atoms with Gasteiger partial charge in [0.25, 0.3) is 5.91 Å². The van der Waals surface area contributed by atoms with Crippen molar-refractivity contribution in [2.45, 2.75) is 39.2 Å². The summed E-state index contributed by atoms with van der Waals surface area (Å²) in [7, 11) is 3.26. The third-order valence-corrected chi connectivity index (χ3v) is 4.99. The number of carbonyl (C=O) groups is 1. The first-order valence-corrected chi connectivity index (χ1v) is 9.33. The second-order valence-electron chi connectivity index (χ2n) is 6.67. The highest BCUT2D eigenvalue weighted by Crippen LogP contribution is 2.45. The van der Waals surface area contributed by atoms with Gasteiger partial charge in [-0.2, -0.15) is 0 Å². The second-order valence-corrected chi connectivity index (χ2v) is 6.67. The van der Waals surface area contributed by atoms with E-state index < -0.39 is 0 Å². The van der Waals surface area contributed by atoms with Crippen molar-refractivity contribution < 1.29 is 14.3 Å². The van der Waals surface area contributed by atoms with E-state index in [9.17, 15) is 4.79 Å². The van der Waals surface area contributed by atoms with E-state index in [1.165, 1.54) is 12.8 Å². The molecule has 0 atom stereocenters. The lowest BCUT2D eigenvalue weighted by Crippen LogP contribution is -2.24. The first-order chi connectivity index (χ1) is 12.7. The minimum atomic E-state index is 0.0923. The molecule has 1 amide bonds. The maximum atomic E-state index is 12.9. The van der Waals surface area contributed by atoms with Gasteiger partial charge in [-0.25, -0.2) is 0 Å². The van der Waals surface area contributed by atoms with E-state index in [-0.39, 0.29) is 5.91 Å². The van der Waals surface area contributed by atoms with E-state index in [1.54, 1.807) is 14.2 Å². The standard InChI is InChI=1S/C22H27NO3/c1-4-5-6-10-13-23-15-18-17(22(23)24)14-19(25-2)21(26-3)20(18)16-11-8-7-9-12-16/h7-9,11-12,14H,4-6,10,13,15H2,1-3H3. The summed E-state index contributed by atoms with van der Waals surface area (Å²) < 4.78 is 11.2. The lowest BCUT2D eigenvalue weighted by Gasteiger charge is -2.17. The summed E-state index contributed by atoms with van der Waals surface area (Å²) in [6.07, 6.45) is 4.62. The van der Waals surface area contributed by atoms with E-state index in [4.69, 9.17) is 9.47 Å². The predicted octanol–water partition coefficient (Wildman–Crippen LogP) is 4.91.